The number of benzene rings is 2. The average Bonchev–Trinajstić information content (AvgIpc) is 2.80. The van der Waals surface area contributed by atoms with Crippen molar-refractivity contribution < 1.29 is 14.4 Å². The van der Waals surface area contributed by atoms with Gasteiger partial charge in [-0.25, -0.2) is 9.13 Å². The Labute approximate surface area is 129 Å². The lowest BCUT2D eigenvalue weighted by Crippen LogP contribution is -2.31. The van der Waals surface area contributed by atoms with Crippen molar-refractivity contribution in [1.29, 1.82) is 0 Å². The van der Waals surface area contributed by atoms with E-state index >= 15 is 0 Å². The van der Waals surface area contributed by atoms with E-state index in [1.54, 1.807) is 7.11 Å². The molecule has 0 amide bonds. The summed E-state index contributed by atoms with van der Waals surface area (Å²) in [6.07, 6.45) is -0.635. The normalized spacial score (nSPS) is 12.5. The molecule has 1 atom stereocenters. The molecule has 22 heavy (non-hydrogen) atoms. The van der Waals surface area contributed by atoms with E-state index < -0.39 is 6.10 Å². The molecule has 3 aromatic rings. The molecule has 0 aliphatic rings. The number of imidazole rings is 1. The van der Waals surface area contributed by atoms with E-state index in [2.05, 4.69) is 0 Å². The highest BCUT2D eigenvalue weighted by Gasteiger charge is 2.21. The molecule has 0 radical (unpaired) electrons. The number of para-hydroxylation sites is 2. The molecule has 0 aliphatic carbocycles. The summed E-state index contributed by atoms with van der Waals surface area (Å²) in [6, 6.07) is 15.4. The second-order valence-corrected chi connectivity index (χ2v) is 5.31. The molecule has 5 heteroatoms. The van der Waals surface area contributed by atoms with Crippen molar-refractivity contribution in [2.45, 2.75) is 12.6 Å². The number of nitrogen functional groups attached to an aromatic ring is 1. The molecule has 0 saturated heterocycles. The smallest absolute Gasteiger partial charge is 0.355 e. The summed E-state index contributed by atoms with van der Waals surface area (Å²) in [4.78, 5) is 0. The number of anilines is 1. The molecule has 0 unspecified atom stereocenters. The van der Waals surface area contributed by atoms with Crippen LogP contribution in [0.5, 0.6) is 5.75 Å². The minimum absolute atomic E-state index is 0.402. The third-order valence-electron chi connectivity index (χ3n) is 4.01. The molecule has 1 aromatic heterocycles. The van der Waals surface area contributed by atoms with Crippen LogP contribution in [0.15, 0.2) is 48.5 Å². The molecule has 3 N–H and O–H groups in total. The number of rotatable bonds is 4. The zero-order chi connectivity index (χ0) is 15.7. The molecule has 0 spiro atoms. The molecular formula is C17H20N3O2+. The molecule has 114 valence electrons. The Morgan fingerprint density at radius 2 is 1.86 bits per heavy atom. The van der Waals surface area contributed by atoms with E-state index in [1.165, 1.54) is 0 Å². The summed E-state index contributed by atoms with van der Waals surface area (Å²) in [7, 11) is 3.55. The maximum absolute atomic E-state index is 10.5. The standard InChI is InChI=1S/C17H19N3O2/c1-19-14-5-3-4-6-15(14)20(17(19)18)11-16(21)12-7-9-13(22-2)10-8-12/h3-10,16,18,21H,11H2,1-2H3/p+1/t16-/m1/s1. The molecule has 5 nitrogen and oxygen atoms in total. The van der Waals surface area contributed by atoms with E-state index in [0.29, 0.717) is 12.5 Å². The van der Waals surface area contributed by atoms with Crippen LogP contribution < -0.4 is 15.0 Å². The van der Waals surface area contributed by atoms with Gasteiger partial charge in [0, 0.05) is 0 Å². The fraction of sp³-hybridized carbons (Fsp3) is 0.235. The molecule has 0 saturated carbocycles. The number of aryl methyl sites for hydroxylation is 1. The number of methoxy groups -OCH3 is 1. The largest absolute Gasteiger partial charge is 0.497 e. The van der Waals surface area contributed by atoms with Crippen LogP contribution in [0, 0.1) is 0 Å². The summed E-state index contributed by atoms with van der Waals surface area (Å²) in [5.41, 5.74) is 9.07. The number of hydrogen-bond acceptors (Lipinski definition) is 3. The lowest BCUT2D eigenvalue weighted by molar-refractivity contribution is -0.630. The molecule has 0 bridgehead atoms. The number of hydrogen-bond donors (Lipinski definition) is 2. The van der Waals surface area contributed by atoms with Crippen molar-refractivity contribution in [3.05, 3.63) is 54.1 Å². The maximum Gasteiger partial charge on any atom is 0.355 e. The Hall–Kier alpha value is -2.53. The summed E-state index contributed by atoms with van der Waals surface area (Å²) >= 11 is 0. The van der Waals surface area contributed by atoms with Gasteiger partial charge >= 0.3 is 5.95 Å². The highest BCUT2D eigenvalue weighted by molar-refractivity contribution is 5.73. The molecule has 2 aromatic carbocycles. The van der Waals surface area contributed by atoms with Crippen molar-refractivity contribution >= 4 is 17.0 Å². The van der Waals surface area contributed by atoms with E-state index in [4.69, 9.17) is 10.5 Å². The van der Waals surface area contributed by atoms with Gasteiger partial charge in [-0.15, -0.1) is 0 Å². The fourth-order valence-corrected chi connectivity index (χ4v) is 2.70. The maximum atomic E-state index is 10.5. The van der Waals surface area contributed by atoms with Gasteiger partial charge in [-0.2, -0.15) is 0 Å². The third-order valence-corrected chi connectivity index (χ3v) is 4.01. The summed E-state index contributed by atoms with van der Waals surface area (Å²) in [6.45, 7) is 0.402. The molecule has 1 heterocycles. The number of ether oxygens (including phenoxy) is 1. The first kappa shape index (κ1) is 14.4. The van der Waals surface area contributed by atoms with Gasteiger partial charge < -0.3 is 9.84 Å². The summed E-state index contributed by atoms with van der Waals surface area (Å²) < 4.78 is 9.00. The van der Waals surface area contributed by atoms with Crippen LogP contribution in [0.2, 0.25) is 0 Å². The van der Waals surface area contributed by atoms with Gasteiger partial charge in [-0.05, 0) is 29.8 Å². The Morgan fingerprint density at radius 3 is 2.55 bits per heavy atom. The van der Waals surface area contributed by atoms with Crippen molar-refractivity contribution in [2.24, 2.45) is 7.05 Å². The lowest BCUT2D eigenvalue weighted by atomic mass is 10.1. The van der Waals surface area contributed by atoms with Gasteiger partial charge in [-0.1, -0.05) is 24.3 Å². The molecule has 0 fully saturated rings. The third kappa shape index (κ3) is 2.40. The second-order valence-electron chi connectivity index (χ2n) is 5.31. The van der Waals surface area contributed by atoms with E-state index in [1.807, 2.05) is 64.7 Å². The van der Waals surface area contributed by atoms with Crippen LogP contribution in [0.25, 0.3) is 11.0 Å². The number of nitrogens with zero attached hydrogens (tertiary/aromatic N) is 2. The van der Waals surface area contributed by atoms with Gasteiger partial charge in [0.05, 0.1) is 14.2 Å². The Bertz CT molecular complexity index is 794. The van der Waals surface area contributed by atoms with Crippen LogP contribution in [0.4, 0.5) is 5.95 Å². The van der Waals surface area contributed by atoms with Crippen molar-refractivity contribution in [2.75, 3.05) is 12.8 Å². The number of aliphatic hydroxyl groups excluding tert-OH is 1. The minimum Gasteiger partial charge on any atom is -0.497 e. The predicted octanol–water partition coefficient (Wildman–Crippen LogP) is 1.79. The van der Waals surface area contributed by atoms with Crippen molar-refractivity contribution in [1.82, 2.24) is 4.57 Å². The highest BCUT2D eigenvalue weighted by atomic mass is 16.5. The molecule has 3 rings (SSSR count). The Kier molecular flexibility index (Phi) is 3.73. The van der Waals surface area contributed by atoms with E-state index in [-0.39, 0.29) is 0 Å². The summed E-state index contributed by atoms with van der Waals surface area (Å²) in [5, 5.41) is 10.5. The first-order chi connectivity index (χ1) is 10.6. The van der Waals surface area contributed by atoms with Gasteiger partial charge in [0.25, 0.3) is 0 Å². The predicted molar refractivity (Wildman–Crippen MR) is 85.5 cm³/mol. The summed E-state index contributed by atoms with van der Waals surface area (Å²) in [5.74, 6) is 1.39. The Balaban J connectivity index is 1.93. The lowest BCUT2D eigenvalue weighted by Gasteiger charge is -2.11. The van der Waals surface area contributed by atoms with Crippen LogP contribution in [0.1, 0.15) is 11.7 Å². The van der Waals surface area contributed by atoms with Crippen LogP contribution in [-0.2, 0) is 13.6 Å². The fourth-order valence-electron chi connectivity index (χ4n) is 2.70. The van der Waals surface area contributed by atoms with Gasteiger partial charge in [-0.3, -0.25) is 5.73 Å². The monoisotopic (exact) mass is 298 g/mol. The van der Waals surface area contributed by atoms with Crippen molar-refractivity contribution in [3.8, 4) is 5.75 Å². The van der Waals surface area contributed by atoms with Crippen LogP contribution in [-0.4, -0.2) is 16.8 Å². The first-order valence-electron chi connectivity index (χ1n) is 7.16. The van der Waals surface area contributed by atoms with Gasteiger partial charge in [0.1, 0.15) is 29.4 Å². The SMILES string of the molecule is COc1ccc([C@H](O)Cn2c(N)[n+](C)c3ccccc32)cc1. The molecule has 0 aliphatic heterocycles. The van der Waals surface area contributed by atoms with E-state index in [9.17, 15) is 5.11 Å². The number of nitrogens with two attached hydrogens (primary N) is 1. The van der Waals surface area contributed by atoms with Crippen molar-refractivity contribution in [3.63, 3.8) is 0 Å². The second kappa shape index (κ2) is 5.69. The van der Waals surface area contributed by atoms with Crippen LogP contribution in [0.3, 0.4) is 0 Å². The topological polar surface area (TPSA) is 64.3 Å². The highest BCUT2D eigenvalue weighted by Crippen LogP contribution is 2.22. The Morgan fingerprint density at radius 1 is 1.18 bits per heavy atom. The zero-order valence-corrected chi connectivity index (χ0v) is 12.7. The minimum atomic E-state index is -0.635. The number of aromatic nitrogens is 2. The number of fused-ring (bicyclic) bond motifs is 1. The number of aliphatic hydroxyl groups is 1. The quantitative estimate of drug-likeness (QED) is 0.722. The van der Waals surface area contributed by atoms with Gasteiger partial charge in [0.2, 0.25) is 0 Å². The molecular weight excluding hydrogens is 278 g/mol. The zero-order valence-electron chi connectivity index (χ0n) is 12.7. The van der Waals surface area contributed by atoms with E-state index in [0.717, 1.165) is 22.3 Å². The first-order valence-corrected chi connectivity index (χ1v) is 7.16. The van der Waals surface area contributed by atoms with Crippen LogP contribution >= 0.6 is 0 Å². The van der Waals surface area contributed by atoms with Gasteiger partial charge in [0.15, 0.2) is 0 Å². The average molecular weight is 298 g/mol.